The number of hydrogen-bond donors (Lipinski definition) is 0. The molecule has 0 aliphatic heterocycles. The van der Waals surface area contributed by atoms with Crippen LogP contribution in [0, 0.1) is 30.6 Å². The molecule has 16 heavy (non-hydrogen) atoms. The third kappa shape index (κ3) is 76.3. The number of nitrogens with zero attached hydrogens (tertiary/aromatic N) is 3. The van der Waals surface area contributed by atoms with E-state index in [1.807, 2.05) is 0 Å². The molecule has 0 fully saturated rings. The first-order valence-electron chi connectivity index (χ1n) is 4.17. The average molecular weight is 289 g/mol. The zero-order valence-corrected chi connectivity index (χ0v) is 10.2. The van der Waals surface area contributed by atoms with Crippen LogP contribution in [-0.4, -0.2) is 34.7 Å². The van der Waals surface area contributed by atoms with Crippen molar-refractivity contribution in [3.05, 3.63) is 30.6 Å². The van der Waals surface area contributed by atoms with Gasteiger partial charge in [0.1, 0.15) is 0 Å². The minimum atomic E-state index is -1.75. The van der Waals surface area contributed by atoms with Crippen molar-refractivity contribution >= 4 is 0 Å². The Kier molecular flexibility index (Phi) is 29.4. The van der Waals surface area contributed by atoms with Crippen molar-refractivity contribution in [3.63, 3.8) is 0 Å². The summed E-state index contributed by atoms with van der Waals surface area (Å²) in [4.78, 5) is 18.9. The maximum absolute atomic E-state index is 8.25. The Morgan fingerprint density at radius 3 is 0.938 bits per heavy atom. The predicted octanol–water partition coefficient (Wildman–Crippen LogP) is 0.867. The first-order valence-corrected chi connectivity index (χ1v) is 4.17. The van der Waals surface area contributed by atoms with Gasteiger partial charge in [-0.1, -0.05) is 20.8 Å². The van der Waals surface area contributed by atoms with Crippen LogP contribution in [0.15, 0.2) is 0 Å². The molecule has 0 aliphatic rings. The van der Waals surface area contributed by atoms with Gasteiger partial charge in [0.25, 0.3) is 0 Å². The van der Waals surface area contributed by atoms with E-state index in [1.54, 1.807) is 0 Å². The molecule has 0 amide bonds. The SMILES string of the molecule is CCN(CC)CC.O=[N+]([O-])[O-].O=[N+]([O-])[O-].[Cu+2]. The van der Waals surface area contributed by atoms with Gasteiger partial charge in [0.2, 0.25) is 0 Å². The molecule has 0 aliphatic carbocycles. The minimum absolute atomic E-state index is 0. The zero-order valence-electron chi connectivity index (χ0n) is 9.21. The van der Waals surface area contributed by atoms with Gasteiger partial charge in [-0.2, -0.15) is 0 Å². The van der Waals surface area contributed by atoms with Gasteiger partial charge in [-0.25, -0.2) is 0 Å². The molecule has 0 aromatic rings. The summed E-state index contributed by atoms with van der Waals surface area (Å²) in [5.41, 5.74) is 0. The van der Waals surface area contributed by atoms with E-state index in [0.717, 1.165) is 0 Å². The third-order valence-corrected chi connectivity index (χ3v) is 1.34. The summed E-state index contributed by atoms with van der Waals surface area (Å²) >= 11 is 0. The molecule has 0 saturated carbocycles. The van der Waals surface area contributed by atoms with Crippen molar-refractivity contribution in [1.29, 1.82) is 0 Å². The fourth-order valence-electron chi connectivity index (χ4n) is 0.671. The molecule has 0 N–H and O–H groups in total. The summed E-state index contributed by atoms with van der Waals surface area (Å²) in [5, 5.41) is 29.5. The van der Waals surface area contributed by atoms with Gasteiger partial charge in [0, 0.05) is 0 Å². The van der Waals surface area contributed by atoms with Crippen LogP contribution in [0.1, 0.15) is 20.8 Å². The Labute approximate surface area is 104 Å². The number of rotatable bonds is 3. The Morgan fingerprint density at radius 2 is 0.938 bits per heavy atom. The quantitative estimate of drug-likeness (QED) is 0.427. The van der Waals surface area contributed by atoms with Crippen molar-refractivity contribution < 1.29 is 27.2 Å². The van der Waals surface area contributed by atoms with Crippen LogP contribution in [-0.2, 0) is 17.1 Å². The average Bonchev–Trinajstić information content (AvgIpc) is 2.05. The molecule has 0 aromatic carbocycles. The molecule has 0 rings (SSSR count). The molecule has 10 heteroatoms. The van der Waals surface area contributed by atoms with E-state index < -0.39 is 10.2 Å². The van der Waals surface area contributed by atoms with Gasteiger partial charge in [-0.3, -0.25) is 0 Å². The summed E-state index contributed by atoms with van der Waals surface area (Å²) in [6, 6.07) is 0. The molecule has 101 valence electrons. The molecule has 0 aromatic heterocycles. The van der Waals surface area contributed by atoms with Crippen LogP contribution in [0.25, 0.3) is 0 Å². The smallest absolute Gasteiger partial charge is 0.356 e. The molecule has 9 nitrogen and oxygen atoms in total. The van der Waals surface area contributed by atoms with Gasteiger partial charge < -0.3 is 35.5 Å². The van der Waals surface area contributed by atoms with Gasteiger partial charge in [-0.15, -0.1) is 0 Å². The molecule has 0 heterocycles. The van der Waals surface area contributed by atoms with E-state index in [1.165, 1.54) is 19.6 Å². The minimum Gasteiger partial charge on any atom is -0.356 e. The number of hydrogen-bond acceptors (Lipinski definition) is 7. The van der Waals surface area contributed by atoms with Crippen LogP contribution in [0.5, 0.6) is 0 Å². The van der Waals surface area contributed by atoms with E-state index in [4.69, 9.17) is 30.6 Å². The monoisotopic (exact) mass is 288 g/mol. The molecule has 1 radical (unpaired) electrons. The summed E-state index contributed by atoms with van der Waals surface area (Å²) < 4.78 is 0. The van der Waals surface area contributed by atoms with Crippen molar-refractivity contribution in [2.45, 2.75) is 20.8 Å². The van der Waals surface area contributed by atoms with E-state index in [2.05, 4.69) is 25.7 Å². The van der Waals surface area contributed by atoms with E-state index >= 15 is 0 Å². The largest absolute Gasteiger partial charge is 2.00 e. The van der Waals surface area contributed by atoms with Gasteiger partial charge >= 0.3 is 17.1 Å². The van der Waals surface area contributed by atoms with E-state index in [9.17, 15) is 0 Å². The van der Waals surface area contributed by atoms with E-state index in [0.29, 0.717) is 0 Å². The maximum Gasteiger partial charge on any atom is 2.00 e. The van der Waals surface area contributed by atoms with Crippen molar-refractivity contribution in [1.82, 2.24) is 4.90 Å². The zero-order chi connectivity index (χ0) is 12.9. The summed E-state index contributed by atoms with van der Waals surface area (Å²) in [5.74, 6) is 0. The molecule has 0 saturated heterocycles. The second kappa shape index (κ2) is 19.5. The Balaban J connectivity index is -0.0000000700. The first kappa shape index (κ1) is 24.2. The summed E-state index contributed by atoms with van der Waals surface area (Å²) in [7, 11) is 0. The second-order valence-electron chi connectivity index (χ2n) is 2.07. The van der Waals surface area contributed by atoms with Gasteiger partial charge in [-0.05, 0) is 19.6 Å². The van der Waals surface area contributed by atoms with Crippen molar-refractivity contribution in [2.24, 2.45) is 0 Å². The Hall–Kier alpha value is -1.12. The van der Waals surface area contributed by atoms with Crippen molar-refractivity contribution in [2.75, 3.05) is 19.6 Å². The second-order valence-corrected chi connectivity index (χ2v) is 2.07. The van der Waals surface area contributed by atoms with Crippen LogP contribution in [0.3, 0.4) is 0 Å². The molecule has 0 unspecified atom stereocenters. The molecule has 0 bridgehead atoms. The Bertz CT molecular complexity index is 141. The predicted molar refractivity (Wildman–Crippen MR) is 54.2 cm³/mol. The molecular formula is C6H15CuN3O6. The molecule has 0 spiro atoms. The maximum atomic E-state index is 8.25. The van der Waals surface area contributed by atoms with E-state index in [-0.39, 0.29) is 17.1 Å². The molecule has 0 atom stereocenters. The summed E-state index contributed by atoms with van der Waals surface area (Å²) in [6.45, 7) is 10.1. The Morgan fingerprint density at radius 1 is 0.812 bits per heavy atom. The van der Waals surface area contributed by atoms with Crippen LogP contribution < -0.4 is 0 Å². The van der Waals surface area contributed by atoms with Gasteiger partial charge in [0.05, 0.1) is 10.2 Å². The standard InChI is InChI=1S/C6H15N.Cu.2NO3/c1-4-7(5-2)6-3;;2*2-1(3)4/h4-6H2,1-3H3;;;/q;+2;2*-1. The normalized spacial score (nSPS) is 7.50. The van der Waals surface area contributed by atoms with Crippen LogP contribution in [0.2, 0.25) is 0 Å². The van der Waals surface area contributed by atoms with Crippen LogP contribution >= 0.6 is 0 Å². The van der Waals surface area contributed by atoms with Crippen molar-refractivity contribution in [3.8, 4) is 0 Å². The first-order chi connectivity index (χ1) is 6.81. The fraction of sp³-hybridized carbons (Fsp3) is 1.00. The van der Waals surface area contributed by atoms with Crippen LogP contribution in [0.4, 0.5) is 0 Å². The third-order valence-electron chi connectivity index (χ3n) is 1.34. The topological polar surface area (TPSA) is 136 Å². The molecular weight excluding hydrogens is 274 g/mol. The van der Waals surface area contributed by atoms with Gasteiger partial charge in [0.15, 0.2) is 0 Å². The summed E-state index contributed by atoms with van der Waals surface area (Å²) in [6.07, 6.45) is 0. The fourth-order valence-corrected chi connectivity index (χ4v) is 0.671.